The summed E-state index contributed by atoms with van der Waals surface area (Å²) in [7, 11) is 0. The van der Waals surface area contributed by atoms with E-state index >= 15 is 0 Å². The largest absolute Gasteiger partial charge is 0.389 e. The van der Waals surface area contributed by atoms with Crippen LogP contribution in [0, 0.1) is 23.2 Å². The first kappa shape index (κ1) is 8.12. The Morgan fingerprint density at radius 3 is 2.86 bits per heavy atom. The molecule has 0 radical (unpaired) electrons. The van der Waals surface area contributed by atoms with Gasteiger partial charge in [0, 0.05) is 12.0 Å². The Morgan fingerprint density at radius 2 is 2.21 bits per heavy atom. The first-order valence-corrected chi connectivity index (χ1v) is 6.05. The van der Waals surface area contributed by atoms with Crippen LogP contribution in [0.4, 0.5) is 0 Å². The molecule has 4 rings (SSSR count). The first-order chi connectivity index (χ1) is 6.71. The minimum Gasteiger partial charge on any atom is -0.389 e. The molecule has 2 bridgehead atoms. The summed E-state index contributed by atoms with van der Waals surface area (Å²) >= 11 is 0. The van der Waals surface area contributed by atoms with Gasteiger partial charge in [0.2, 0.25) is 0 Å². The van der Waals surface area contributed by atoms with Gasteiger partial charge < -0.3 is 9.84 Å². The van der Waals surface area contributed by atoms with Crippen molar-refractivity contribution in [3.63, 3.8) is 0 Å². The molecule has 0 saturated heterocycles. The lowest BCUT2D eigenvalue weighted by molar-refractivity contribution is -0.304. The molecule has 2 heteroatoms. The van der Waals surface area contributed by atoms with Crippen LogP contribution in [0.5, 0.6) is 0 Å². The summed E-state index contributed by atoms with van der Waals surface area (Å²) in [6.07, 6.45) is 5.23. The quantitative estimate of drug-likeness (QED) is 0.723. The second-order valence-corrected chi connectivity index (χ2v) is 5.90. The number of fused-ring (bicyclic) bond motifs is 1. The number of ether oxygens (including phenoxy) is 1. The molecule has 6 atom stereocenters. The van der Waals surface area contributed by atoms with E-state index in [9.17, 15) is 5.11 Å². The Balaban J connectivity index is 1.70. The molecule has 6 unspecified atom stereocenters. The van der Waals surface area contributed by atoms with E-state index in [0.717, 1.165) is 25.4 Å². The lowest BCUT2D eigenvalue weighted by Gasteiger charge is -2.71. The van der Waals surface area contributed by atoms with Crippen LogP contribution in [0.15, 0.2) is 0 Å². The molecule has 0 amide bonds. The third-order valence-corrected chi connectivity index (χ3v) is 5.80. The van der Waals surface area contributed by atoms with Crippen LogP contribution >= 0.6 is 0 Å². The molecule has 2 nitrogen and oxygen atoms in total. The summed E-state index contributed by atoms with van der Waals surface area (Å²) < 4.78 is 5.87. The van der Waals surface area contributed by atoms with Gasteiger partial charge in [-0.1, -0.05) is 0 Å². The molecule has 78 valence electrons. The molecule has 0 aromatic rings. The first-order valence-electron chi connectivity index (χ1n) is 6.05. The van der Waals surface area contributed by atoms with E-state index in [-0.39, 0.29) is 5.60 Å². The second-order valence-electron chi connectivity index (χ2n) is 5.90. The number of hydrogen-bond acceptors (Lipinski definition) is 2. The van der Waals surface area contributed by atoms with Crippen molar-refractivity contribution in [3.8, 4) is 0 Å². The highest BCUT2D eigenvalue weighted by atomic mass is 16.5. The minimum absolute atomic E-state index is 0.251. The standard InChI is InChI=1S/C12H18O2/c1-2-14-10-7-4-11(13)6-8-3-9(10)12(8,11)5-7/h7-10,13H,2-6H2,1H3. The molecule has 1 N–H and O–H groups in total. The van der Waals surface area contributed by atoms with Gasteiger partial charge in [0.25, 0.3) is 0 Å². The second kappa shape index (κ2) is 2.05. The monoisotopic (exact) mass is 194 g/mol. The molecule has 0 heterocycles. The average Bonchev–Trinajstić information content (AvgIpc) is 2.55. The van der Waals surface area contributed by atoms with Crippen molar-refractivity contribution < 1.29 is 9.84 Å². The summed E-state index contributed by atoms with van der Waals surface area (Å²) in [5.41, 5.74) is 0.0936. The fraction of sp³-hybridized carbons (Fsp3) is 1.00. The Morgan fingerprint density at radius 1 is 1.36 bits per heavy atom. The van der Waals surface area contributed by atoms with E-state index in [1.54, 1.807) is 0 Å². The van der Waals surface area contributed by atoms with Gasteiger partial charge in [-0.2, -0.15) is 0 Å². The van der Waals surface area contributed by atoms with E-state index in [2.05, 4.69) is 6.92 Å². The SMILES string of the molecule is CCOC1C2CC3(O)CC4CC1C43C2. The fourth-order valence-electron chi connectivity index (χ4n) is 5.48. The molecule has 4 aliphatic carbocycles. The summed E-state index contributed by atoms with van der Waals surface area (Å²) in [5.74, 6) is 2.25. The fourth-order valence-corrected chi connectivity index (χ4v) is 5.48. The predicted octanol–water partition coefficient (Wildman–Crippen LogP) is 1.57. The van der Waals surface area contributed by atoms with E-state index in [4.69, 9.17) is 4.74 Å². The third kappa shape index (κ3) is 0.548. The molecule has 0 aliphatic heterocycles. The van der Waals surface area contributed by atoms with Gasteiger partial charge in [-0.05, 0) is 50.4 Å². The Bertz CT molecular complexity index is 303. The Hall–Kier alpha value is -0.0800. The van der Waals surface area contributed by atoms with Crippen LogP contribution in [0.3, 0.4) is 0 Å². The molecule has 4 aliphatic rings. The van der Waals surface area contributed by atoms with Crippen molar-refractivity contribution in [2.24, 2.45) is 23.2 Å². The van der Waals surface area contributed by atoms with Crippen molar-refractivity contribution in [1.29, 1.82) is 0 Å². The van der Waals surface area contributed by atoms with E-state index in [1.807, 2.05) is 0 Å². The van der Waals surface area contributed by atoms with Gasteiger partial charge in [-0.25, -0.2) is 0 Å². The number of aliphatic hydroxyl groups is 1. The van der Waals surface area contributed by atoms with E-state index in [0.29, 0.717) is 23.4 Å². The van der Waals surface area contributed by atoms with Crippen molar-refractivity contribution >= 4 is 0 Å². The minimum atomic E-state index is -0.251. The van der Waals surface area contributed by atoms with Crippen molar-refractivity contribution in [2.75, 3.05) is 6.61 Å². The highest BCUT2D eigenvalue weighted by molar-refractivity contribution is 5.32. The summed E-state index contributed by atoms with van der Waals surface area (Å²) in [6, 6.07) is 0. The van der Waals surface area contributed by atoms with Gasteiger partial charge in [0.05, 0.1) is 11.7 Å². The van der Waals surface area contributed by atoms with Gasteiger partial charge in [0.15, 0.2) is 0 Å². The van der Waals surface area contributed by atoms with Crippen LogP contribution in [-0.4, -0.2) is 23.4 Å². The molecular formula is C12H18O2. The zero-order chi connectivity index (χ0) is 9.55. The zero-order valence-electron chi connectivity index (χ0n) is 8.70. The summed E-state index contributed by atoms with van der Waals surface area (Å²) in [6.45, 7) is 2.93. The smallest absolute Gasteiger partial charge is 0.0716 e. The Kier molecular flexibility index (Phi) is 1.19. The highest BCUT2D eigenvalue weighted by Gasteiger charge is 2.83. The lowest BCUT2D eigenvalue weighted by atomic mass is 9.36. The molecular weight excluding hydrogens is 176 g/mol. The zero-order valence-corrected chi connectivity index (χ0v) is 8.70. The van der Waals surface area contributed by atoms with E-state index < -0.39 is 0 Å². The molecule has 4 fully saturated rings. The Labute approximate surface area is 84.6 Å². The number of rotatable bonds is 2. The lowest BCUT2D eigenvalue weighted by Crippen LogP contribution is -2.73. The average molecular weight is 194 g/mol. The van der Waals surface area contributed by atoms with Gasteiger partial charge in [0.1, 0.15) is 0 Å². The van der Waals surface area contributed by atoms with Crippen molar-refractivity contribution in [3.05, 3.63) is 0 Å². The van der Waals surface area contributed by atoms with Crippen LogP contribution in [0.1, 0.15) is 32.6 Å². The summed E-state index contributed by atoms with van der Waals surface area (Å²) in [5, 5.41) is 10.5. The van der Waals surface area contributed by atoms with Crippen LogP contribution < -0.4 is 0 Å². The third-order valence-electron chi connectivity index (χ3n) is 5.80. The van der Waals surface area contributed by atoms with Crippen LogP contribution in [-0.2, 0) is 4.74 Å². The maximum Gasteiger partial charge on any atom is 0.0716 e. The van der Waals surface area contributed by atoms with Gasteiger partial charge >= 0.3 is 0 Å². The van der Waals surface area contributed by atoms with E-state index in [1.165, 1.54) is 12.8 Å². The molecule has 4 saturated carbocycles. The molecule has 14 heavy (non-hydrogen) atoms. The number of hydrogen-bond donors (Lipinski definition) is 1. The van der Waals surface area contributed by atoms with Crippen LogP contribution in [0.2, 0.25) is 0 Å². The molecule has 1 spiro atoms. The van der Waals surface area contributed by atoms with Crippen LogP contribution in [0.25, 0.3) is 0 Å². The van der Waals surface area contributed by atoms with Gasteiger partial charge in [-0.15, -0.1) is 0 Å². The molecule has 0 aromatic heterocycles. The predicted molar refractivity (Wildman–Crippen MR) is 51.7 cm³/mol. The topological polar surface area (TPSA) is 29.5 Å². The normalized spacial score (nSPS) is 67.3. The molecule has 0 aromatic carbocycles. The van der Waals surface area contributed by atoms with Gasteiger partial charge in [-0.3, -0.25) is 0 Å². The highest BCUT2D eigenvalue weighted by Crippen LogP contribution is 2.82. The summed E-state index contributed by atoms with van der Waals surface area (Å²) in [4.78, 5) is 0. The van der Waals surface area contributed by atoms with Crippen molar-refractivity contribution in [2.45, 2.75) is 44.3 Å². The maximum atomic E-state index is 10.5. The maximum absolute atomic E-state index is 10.5. The van der Waals surface area contributed by atoms with Crippen molar-refractivity contribution in [1.82, 2.24) is 0 Å².